The zero-order chi connectivity index (χ0) is 21.7. The lowest BCUT2D eigenvalue weighted by molar-refractivity contribution is -0.135. The Kier molecular flexibility index (Phi) is 7.26. The lowest BCUT2D eigenvalue weighted by Crippen LogP contribution is -2.48. The number of hydrogen-bond acceptors (Lipinski definition) is 4. The van der Waals surface area contributed by atoms with E-state index in [1.807, 2.05) is 49.1 Å². The van der Waals surface area contributed by atoms with E-state index in [9.17, 15) is 14.4 Å². The normalized spacial score (nSPS) is 16.1. The van der Waals surface area contributed by atoms with Crippen molar-refractivity contribution in [3.05, 3.63) is 71.1 Å². The maximum absolute atomic E-state index is 12.9. The predicted molar refractivity (Wildman–Crippen MR) is 120 cm³/mol. The number of nitrogens with zero attached hydrogens (tertiary/aromatic N) is 2. The number of Topliss-reactive ketones (excluding diaryl/α,β-unsaturated/α-hetero) is 1. The van der Waals surface area contributed by atoms with Gasteiger partial charge in [0.05, 0.1) is 19.6 Å². The zero-order valence-electron chi connectivity index (χ0n) is 17.0. The van der Waals surface area contributed by atoms with Gasteiger partial charge in [0, 0.05) is 22.3 Å². The molecule has 1 saturated heterocycles. The molecule has 0 bridgehead atoms. The second-order valence-corrected chi connectivity index (χ2v) is 8.50. The van der Waals surface area contributed by atoms with Gasteiger partial charge in [-0.1, -0.05) is 60.1 Å². The fraction of sp³-hybridized carbons (Fsp3) is 0.304. The molecule has 1 heterocycles. The van der Waals surface area contributed by atoms with Crippen LogP contribution in [0.3, 0.4) is 0 Å². The topological polar surface area (TPSA) is 69.7 Å². The lowest BCUT2D eigenvalue weighted by Gasteiger charge is -2.23. The minimum Gasteiger partial charge on any atom is -0.351 e. The molecule has 0 aliphatic carbocycles. The van der Waals surface area contributed by atoms with E-state index in [1.165, 1.54) is 0 Å². The van der Waals surface area contributed by atoms with Crippen LogP contribution in [0.2, 0.25) is 0 Å². The Bertz CT molecular complexity index is 900. The highest BCUT2D eigenvalue weighted by Gasteiger charge is 2.38. The molecular weight excluding hydrogens is 446 g/mol. The highest BCUT2D eigenvalue weighted by Crippen LogP contribution is 2.23. The number of hydrogen-bond donors (Lipinski definition) is 1. The molecule has 1 aliphatic heterocycles. The van der Waals surface area contributed by atoms with Crippen molar-refractivity contribution in [2.75, 3.05) is 24.7 Å². The summed E-state index contributed by atoms with van der Waals surface area (Å²) in [5.41, 5.74) is 1.47. The first-order valence-electron chi connectivity index (χ1n) is 9.87. The molecule has 1 unspecified atom stereocenters. The van der Waals surface area contributed by atoms with Crippen LogP contribution >= 0.6 is 15.9 Å². The highest BCUT2D eigenvalue weighted by molar-refractivity contribution is 9.10. The smallest absolute Gasteiger partial charge is 0.245 e. The van der Waals surface area contributed by atoms with Gasteiger partial charge in [-0.2, -0.15) is 0 Å². The molecule has 6 nitrogen and oxygen atoms in total. The quantitative estimate of drug-likeness (QED) is 0.630. The Morgan fingerprint density at radius 2 is 1.77 bits per heavy atom. The van der Waals surface area contributed by atoms with E-state index in [0.717, 1.165) is 10.2 Å². The van der Waals surface area contributed by atoms with Gasteiger partial charge in [-0.15, -0.1) is 0 Å². The lowest BCUT2D eigenvalue weighted by atomic mass is 10.1. The van der Waals surface area contributed by atoms with Crippen LogP contribution < -0.4 is 10.2 Å². The molecule has 157 valence electrons. The summed E-state index contributed by atoms with van der Waals surface area (Å²) in [5.74, 6) is -0.612. The average molecular weight is 471 g/mol. The number of carbonyl (C=O) groups excluding carboxylic acids is 3. The molecular formula is C23H25BrN3O3. The van der Waals surface area contributed by atoms with Crippen LogP contribution in [0, 0.1) is 12.3 Å². The van der Waals surface area contributed by atoms with Gasteiger partial charge < -0.3 is 15.1 Å². The van der Waals surface area contributed by atoms with Crippen molar-refractivity contribution >= 4 is 39.2 Å². The summed E-state index contributed by atoms with van der Waals surface area (Å²) in [6.45, 7) is 4.44. The third-order valence-electron chi connectivity index (χ3n) is 4.86. The monoisotopic (exact) mass is 470 g/mol. The molecule has 1 fully saturated rings. The highest BCUT2D eigenvalue weighted by atomic mass is 79.9. The van der Waals surface area contributed by atoms with E-state index < -0.39 is 6.04 Å². The first kappa shape index (κ1) is 22.0. The van der Waals surface area contributed by atoms with Crippen LogP contribution in [0.4, 0.5) is 5.69 Å². The van der Waals surface area contributed by atoms with Gasteiger partial charge in [-0.05, 0) is 30.2 Å². The number of benzene rings is 2. The summed E-state index contributed by atoms with van der Waals surface area (Å²) in [6, 6.07) is 16.0. The van der Waals surface area contributed by atoms with E-state index in [1.54, 1.807) is 35.6 Å². The summed E-state index contributed by atoms with van der Waals surface area (Å²) in [4.78, 5) is 41.6. The summed E-state index contributed by atoms with van der Waals surface area (Å²) >= 11 is 3.34. The van der Waals surface area contributed by atoms with Crippen molar-refractivity contribution < 1.29 is 14.4 Å². The number of para-hydroxylation sites is 1. The molecule has 30 heavy (non-hydrogen) atoms. The predicted octanol–water partition coefficient (Wildman–Crippen LogP) is 3.28. The van der Waals surface area contributed by atoms with Crippen molar-refractivity contribution in [2.24, 2.45) is 5.92 Å². The Hall–Kier alpha value is -2.67. The standard InChI is InChI=1S/C23H25BrN3O3/c1-16(2)12-22(29)27-15-26(19-6-4-3-5-7-19)14-20(27)23(30)25-13-21(28)17-8-10-18(24)11-9-17/h3-12,16,20H,13-15H2,1-2H3,(H,25,30). The Morgan fingerprint density at radius 1 is 1.10 bits per heavy atom. The van der Waals surface area contributed by atoms with Crippen LogP contribution in [0.1, 0.15) is 24.2 Å². The summed E-state index contributed by atoms with van der Waals surface area (Å²) < 4.78 is 0.880. The molecule has 7 heteroatoms. The second kappa shape index (κ2) is 9.89. The number of amides is 2. The largest absolute Gasteiger partial charge is 0.351 e. The zero-order valence-corrected chi connectivity index (χ0v) is 18.6. The van der Waals surface area contributed by atoms with Gasteiger partial charge >= 0.3 is 0 Å². The number of halogens is 1. The number of rotatable bonds is 7. The Balaban J connectivity index is 1.69. The maximum atomic E-state index is 12.9. The van der Waals surface area contributed by atoms with Gasteiger partial charge in [0.15, 0.2) is 5.78 Å². The van der Waals surface area contributed by atoms with Crippen LogP contribution in [-0.2, 0) is 9.59 Å². The number of carbonyl (C=O) groups is 3. The van der Waals surface area contributed by atoms with Gasteiger partial charge in [0.25, 0.3) is 0 Å². The molecule has 0 spiro atoms. The molecule has 2 aromatic rings. The first-order chi connectivity index (χ1) is 14.3. The van der Waals surface area contributed by atoms with E-state index >= 15 is 0 Å². The first-order valence-corrected chi connectivity index (χ1v) is 10.7. The van der Waals surface area contributed by atoms with Crippen molar-refractivity contribution in [3.8, 4) is 0 Å². The van der Waals surface area contributed by atoms with E-state index in [4.69, 9.17) is 0 Å². The van der Waals surface area contributed by atoms with Gasteiger partial charge in [0.1, 0.15) is 6.04 Å². The molecule has 3 rings (SSSR count). The van der Waals surface area contributed by atoms with Crippen molar-refractivity contribution in [1.29, 1.82) is 0 Å². The summed E-state index contributed by atoms with van der Waals surface area (Å²) in [7, 11) is 0. The van der Waals surface area contributed by atoms with E-state index in [-0.39, 0.29) is 30.1 Å². The molecule has 2 aromatic carbocycles. The third kappa shape index (κ3) is 5.48. The van der Waals surface area contributed by atoms with Crippen LogP contribution in [0.15, 0.2) is 59.1 Å². The summed E-state index contributed by atoms with van der Waals surface area (Å²) in [5, 5.41) is 2.71. The van der Waals surface area contributed by atoms with E-state index in [0.29, 0.717) is 18.8 Å². The third-order valence-corrected chi connectivity index (χ3v) is 5.39. The molecule has 1 N–H and O–H groups in total. The van der Waals surface area contributed by atoms with Crippen molar-refractivity contribution in [1.82, 2.24) is 10.2 Å². The fourth-order valence-electron chi connectivity index (χ4n) is 3.33. The van der Waals surface area contributed by atoms with Crippen molar-refractivity contribution in [2.45, 2.75) is 19.9 Å². The Labute approximate surface area is 185 Å². The van der Waals surface area contributed by atoms with Crippen molar-refractivity contribution in [3.63, 3.8) is 0 Å². The minimum absolute atomic E-state index is 0.0750. The molecule has 1 radical (unpaired) electrons. The molecule has 0 saturated carbocycles. The number of nitrogens with one attached hydrogen (secondary N) is 1. The number of ketones is 1. The second-order valence-electron chi connectivity index (χ2n) is 7.58. The van der Waals surface area contributed by atoms with Crippen LogP contribution in [0.25, 0.3) is 0 Å². The SMILES string of the molecule is CC(C)[CH]C(=O)N1CN(c2ccccc2)CC1C(=O)NCC(=O)c1ccc(Br)cc1. The summed E-state index contributed by atoms with van der Waals surface area (Å²) in [6.07, 6.45) is 1.61. The average Bonchev–Trinajstić information content (AvgIpc) is 3.18. The Morgan fingerprint density at radius 3 is 2.40 bits per heavy atom. The molecule has 2 amide bonds. The van der Waals surface area contributed by atoms with Gasteiger partial charge in [0.2, 0.25) is 11.8 Å². The van der Waals surface area contributed by atoms with Crippen LogP contribution in [-0.4, -0.2) is 48.3 Å². The fourth-order valence-corrected chi connectivity index (χ4v) is 3.59. The molecule has 0 aromatic heterocycles. The van der Waals surface area contributed by atoms with Gasteiger partial charge in [-0.3, -0.25) is 14.4 Å². The van der Waals surface area contributed by atoms with Crippen LogP contribution in [0.5, 0.6) is 0 Å². The van der Waals surface area contributed by atoms with Gasteiger partial charge in [-0.25, -0.2) is 0 Å². The number of anilines is 1. The molecule has 1 aliphatic rings. The minimum atomic E-state index is -0.662. The molecule has 1 atom stereocenters. The van der Waals surface area contributed by atoms with E-state index in [2.05, 4.69) is 21.2 Å². The maximum Gasteiger partial charge on any atom is 0.245 e.